The second kappa shape index (κ2) is 5.68. The highest BCUT2D eigenvalue weighted by atomic mass is 32.2. The second-order valence-electron chi connectivity index (χ2n) is 6.07. The molecular weight excluding hydrogens is 350 g/mol. The highest BCUT2D eigenvalue weighted by Crippen LogP contribution is 2.37. The third-order valence-corrected chi connectivity index (χ3v) is 6.13. The van der Waals surface area contributed by atoms with Gasteiger partial charge < -0.3 is 19.1 Å². The van der Waals surface area contributed by atoms with E-state index in [9.17, 15) is 13.5 Å². The number of aryl methyl sites for hydroxylation is 1. The first-order valence-electron chi connectivity index (χ1n) is 7.81. The molecule has 0 unspecified atom stereocenters. The Kier molecular flexibility index (Phi) is 3.71. The van der Waals surface area contributed by atoms with Crippen LogP contribution in [0, 0.1) is 6.92 Å². The van der Waals surface area contributed by atoms with E-state index in [2.05, 4.69) is 10.1 Å². The SMILES string of the molecule is Cc1noc([C@]2(O)CCN(S(=O)(=O)c3ccc4c(c3)OCCO4)C2)n1. The molecule has 1 saturated heterocycles. The molecule has 3 heterocycles. The van der Waals surface area contributed by atoms with Crippen LogP contribution in [-0.2, 0) is 15.6 Å². The smallest absolute Gasteiger partial charge is 0.260 e. The number of fused-ring (bicyclic) bond motifs is 1. The summed E-state index contributed by atoms with van der Waals surface area (Å²) < 4.78 is 42.9. The Morgan fingerprint density at radius 1 is 1.24 bits per heavy atom. The van der Waals surface area contributed by atoms with Crippen LogP contribution >= 0.6 is 0 Å². The number of β-amino-alcohol motifs (C(OH)–C–C–N with tert-alkyl or cyclic N) is 1. The van der Waals surface area contributed by atoms with Crippen molar-refractivity contribution in [3.63, 3.8) is 0 Å². The Bertz CT molecular complexity index is 912. The number of ether oxygens (including phenoxy) is 2. The fourth-order valence-electron chi connectivity index (χ4n) is 2.96. The molecule has 2 aliphatic heterocycles. The van der Waals surface area contributed by atoms with Gasteiger partial charge in [-0.15, -0.1) is 0 Å². The van der Waals surface area contributed by atoms with E-state index >= 15 is 0 Å². The Balaban J connectivity index is 1.61. The lowest BCUT2D eigenvalue weighted by Crippen LogP contribution is -2.34. The zero-order valence-corrected chi connectivity index (χ0v) is 14.3. The normalized spacial score (nSPS) is 23.8. The zero-order valence-electron chi connectivity index (χ0n) is 13.5. The number of aromatic nitrogens is 2. The van der Waals surface area contributed by atoms with Crippen LogP contribution in [0.1, 0.15) is 18.1 Å². The van der Waals surface area contributed by atoms with Gasteiger partial charge >= 0.3 is 0 Å². The lowest BCUT2D eigenvalue weighted by molar-refractivity contribution is 0.0194. The van der Waals surface area contributed by atoms with Crippen molar-refractivity contribution < 1.29 is 27.5 Å². The Hall–Kier alpha value is -2.17. The van der Waals surface area contributed by atoms with Gasteiger partial charge in [0.25, 0.3) is 5.89 Å². The van der Waals surface area contributed by atoms with Crippen LogP contribution < -0.4 is 9.47 Å². The summed E-state index contributed by atoms with van der Waals surface area (Å²) in [5.74, 6) is 1.33. The number of hydrogen-bond acceptors (Lipinski definition) is 8. The van der Waals surface area contributed by atoms with Crippen molar-refractivity contribution in [3.8, 4) is 11.5 Å². The van der Waals surface area contributed by atoms with E-state index in [0.29, 0.717) is 30.5 Å². The fraction of sp³-hybridized carbons (Fsp3) is 0.467. The van der Waals surface area contributed by atoms with E-state index in [1.165, 1.54) is 16.4 Å². The van der Waals surface area contributed by atoms with Gasteiger partial charge in [-0.2, -0.15) is 9.29 Å². The van der Waals surface area contributed by atoms with Gasteiger partial charge in [-0.3, -0.25) is 0 Å². The molecule has 1 aromatic carbocycles. The quantitative estimate of drug-likeness (QED) is 0.831. The molecular formula is C15H17N3O6S. The first-order chi connectivity index (χ1) is 11.9. The molecule has 0 aliphatic carbocycles. The monoisotopic (exact) mass is 367 g/mol. The predicted octanol–water partition coefficient (Wildman–Crippen LogP) is 0.431. The van der Waals surface area contributed by atoms with E-state index in [0.717, 1.165) is 0 Å². The van der Waals surface area contributed by atoms with E-state index in [1.807, 2.05) is 0 Å². The van der Waals surface area contributed by atoms with Crippen molar-refractivity contribution in [1.82, 2.24) is 14.4 Å². The van der Waals surface area contributed by atoms with E-state index < -0.39 is 15.6 Å². The van der Waals surface area contributed by atoms with Crippen LogP contribution in [0.25, 0.3) is 0 Å². The summed E-state index contributed by atoms with van der Waals surface area (Å²) in [5.41, 5.74) is -1.48. The molecule has 1 atom stereocenters. The lowest BCUT2D eigenvalue weighted by Gasteiger charge is -2.22. The number of benzene rings is 1. The van der Waals surface area contributed by atoms with Crippen LogP contribution in [0.2, 0.25) is 0 Å². The van der Waals surface area contributed by atoms with Gasteiger partial charge in [0, 0.05) is 19.0 Å². The number of aliphatic hydroxyl groups is 1. The summed E-state index contributed by atoms with van der Waals surface area (Å²) >= 11 is 0. The molecule has 2 aliphatic rings. The maximum Gasteiger partial charge on any atom is 0.260 e. The average Bonchev–Trinajstić information content (AvgIpc) is 3.22. The molecule has 1 fully saturated rings. The summed E-state index contributed by atoms with van der Waals surface area (Å²) in [6.07, 6.45) is 0.179. The molecule has 0 amide bonds. The number of nitrogens with zero attached hydrogens (tertiary/aromatic N) is 3. The van der Waals surface area contributed by atoms with Gasteiger partial charge in [-0.05, 0) is 19.1 Å². The van der Waals surface area contributed by atoms with E-state index in [1.54, 1.807) is 13.0 Å². The van der Waals surface area contributed by atoms with Gasteiger partial charge in [-0.1, -0.05) is 5.16 Å². The Morgan fingerprint density at radius 2 is 2.00 bits per heavy atom. The molecule has 1 aromatic heterocycles. The molecule has 9 nitrogen and oxygen atoms in total. The number of sulfonamides is 1. The first kappa shape index (κ1) is 16.3. The lowest BCUT2D eigenvalue weighted by atomic mass is 10.0. The minimum Gasteiger partial charge on any atom is -0.486 e. The number of hydrogen-bond donors (Lipinski definition) is 1. The topological polar surface area (TPSA) is 115 Å². The molecule has 0 bridgehead atoms. The van der Waals surface area contributed by atoms with Gasteiger partial charge in [0.15, 0.2) is 22.9 Å². The second-order valence-corrected chi connectivity index (χ2v) is 8.01. The minimum absolute atomic E-state index is 0.0323. The van der Waals surface area contributed by atoms with Crippen molar-refractivity contribution in [2.45, 2.75) is 23.8 Å². The molecule has 0 radical (unpaired) electrons. The molecule has 0 saturated carbocycles. The van der Waals surface area contributed by atoms with Gasteiger partial charge in [0.2, 0.25) is 10.0 Å². The average molecular weight is 367 g/mol. The minimum atomic E-state index is -3.80. The van der Waals surface area contributed by atoms with Crippen LogP contribution in [-0.4, -0.2) is 54.3 Å². The third-order valence-electron chi connectivity index (χ3n) is 4.29. The Labute approximate surface area is 144 Å². The fourth-order valence-corrected chi connectivity index (χ4v) is 4.47. The van der Waals surface area contributed by atoms with E-state index in [-0.39, 0.29) is 30.3 Å². The first-order valence-corrected chi connectivity index (χ1v) is 9.25. The highest BCUT2D eigenvalue weighted by Gasteiger charge is 2.46. The zero-order chi connectivity index (χ0) is 17.7. The summed E-state index contributed by atoms with van der Waals surface area (Å²) in [6, 6.07) is 4.49. The summed E-state index contributed by atoms with van der Waals surface area (Å²) in [6.45, 7) is 2.44. The van der Waals surface area contributed by atoms with Crippen molar-refractivity contribution in [3.05, 3.63) is 29.9 Å². The highest BCUT2D eigenvalue weighted by molar-refractivity contribution is 7.89. The number of rotatable bonds is 3. The van der Waals surface area contributed by atoms with Crippen molar-refractivity contribution >= 4 is 10.0 Å². The Morgan fingerprint density at radius 3 is 2.72 bits per heavy atom. The van der Waals surface area contributed by atoms with Crippen molar-refractivity contribution in [1.29, 1.82) is 0 Å². The standard InChI is InChI=1S/C15H17N3O6S/c1-10-16-14(24-17-10)15(19)4-5-18(9-15)25(20,21)11-2-3-12-13(8-11)23-7-6-22-12/h2-3,8,19H,4-7,9H2,1H3/t15-/m0/s1. The van der Waals surface area contributed by atoms with Crippen LogP contribution in [0.3, 0.4) is 0 Å². The van der Waals surface area contributed by atoms with Crippen molar-refractivity contribution in [2.24, 2.45) is 0 Å². The van der Waals surface area contributed by atoms with Gasteiger partial charge in [-0.25, -0.2) is 8.42 Å². The van der Waals surface area contributed by atoms with Crippen LogP contribution in [0.15, 0.2) is 27.6 Å². The molecule has 2 aromatic rings. The maximum absolute atomic E-state index is 12.9. The van der Waals surface area contributed by atoms with Gasteiger partial charge in [0.1, 0.15) is 13.2 Å². The summed E-state index contributed by atoms with van der Waals surface area (Å²) in [5, 5.41) is 14.4. The third kappa shape index (κ3) is 2.75. The van der Waals surface area contributed by atoms with Gasteiger partial charge in [0.05, 0.1) is 11.4 Å². The molecule has 1 N–H and O–H groups in total. The van der Waals surface area contributed by atoms with Crippen LogP contribution in [0.4, 0.5) is 0 Å². The summed E-state index contributed by atoms with van der Waals surface area (Å²) in [7, 11) is -3.80. The predicted molar refractivity (Wildman–Crippen MR) is 83.7 cm³/mol. The largest absolute Gasteiger partial charge is 0.486 e. The summed E-state index contributed by atoms with van der Waals surface area (Å²) in [4.78, 5) is 4.11. The molecule has 134 valence electrons. The van der Waals surface area contributed by atoms with E-state index in [4.69, 9.17) is 14.0 Å². The molecule has 4 rings (SSSR count). The maximum atomic E-state index is 12.9. The van der Waals surface area contributed by atoms with Crippen LogP contribution in [0.5, 0.6) is 11.5 Å². The van der Waals surface area contributed by atoms with Crippen molar-refractivity contribution in [2.75, 3.05) is 26.3 Å². The molecule has 10 heteroatoms. The molecule has 0 spiro atoms. The molecule has 25 heavy (non-hydrogen) atoms.